The van der Waals surface area contributed by atoms with E-state index < -0.39 is 0 Å². The van der Waals surface area contributed by atoms with E-state index in [1.165, 1.54) is 94.7 Å². The Labute approximate surface area is 353 Å². The number of para-hydroxylation sites is 5. The molecule has 286 valence electrons. The van der Waals surface area contributed by atoms with Crippen LogP contribution in [0.25, 0.3) is 21.9 Å². The number of anilines is 9. The van der Waals surface area contributed by atoms with Gasteiger partial charge in [0.05, 0.1) is 5.69 Å². The van der Waals surface area contributed by atoms with Crippen molar-refractivity contribution in [3.8, 4) is 11.1 Å². The first-order chi connectivity index (χ1) is 29.4. The second-order valence-corrected chi connectivity index (χ2v) is 16.4. The number of hydrogen-bond acceptors (Lipinski definition) is 3. The van der Waals surface area contributed by atoms with Crippen LogP contribution in [0.15, 0.2) is 194 Å². The summed E-state index contributed by atoms with van der Waals surface area (Å²) in [5.41, 5.74) is 22.0. The van der Waals surface area contributed by atoms with Crippen molar-refractivity contribution in [2.24, 2.45) is 0 Å². The van der Waals surface area contributed by atoms with Crippen molar-refractivity contribution in [1.82, 2.24) is 0 Å². The molecule has 0 spiro atoms. The zero-order valence-electron chi connectivity index (χ0n) is 34.4. The van der Waals surface area contributed by atoms with E-state index in [4.69, 9.17) is 0 Å². The van der Waals surface area contributed by atoms with E-state index in [2.05, 4.69) is 237 Å². The van der Waals surface area contributed by atoms with E-state index in [1.807, 2.05) is 0 Å². The smallest absolute Gasteiger partial charge is 0.252 e. The predicted molar refractivity (Wildman–Crippen MR) is 257 cm³/mol. The minimum Gasteiger partial charge on any atom is -0.311 e. The molecule has 0 fully saturated rings. The average Bonchev–Trinajstić information content (AvgIpc) is 3.28. The molecule has 2 heterocycles. The van der Waals surface area contributed by atoms with Crippen molar-refractivity contribution in [2.45, 2.75) is 27.7 Å². The summed E-state index contributed by atoms with van der Waals surface area (Å²) in [5.74, 6) is 0. The molecule has 0 N–H and O–H groups in total. The van der Waals surface area contributed by atoms with Crippen molar-refractivity contribution in [1.29, 1.82) is 0 Å². The number of aryl methyl sites for hydroxylation is 4. The van der Waals surface area contributed by atoms with Gasteiger partial charge in [-0.05, 0) is 143 Å². The van der Waals surface area contributed by atoms with E-state index in [-0.39, 0.29) is 6.71 Å². The van der Waals surface area contributed by atoms with Gasteiger partial charge in [-0.3, -0.25) is 0 Å². The molecule has 0 unspecified atom stereocenters. The van der Waals surface area contributed by atoms with E-state index in [0.717, 1.165) is 17.1 Å². The van der Waals surface area contributed by atoms with Crippen LogP contribution in [-0.4, -0.2) is 6.71 Å². The third-order valence-corrected chi connectivity index (χ3v) is 12.7. The fourth-order valence-electron chi connectivity index (χ4n) is 9.89. The normalized spacial score (nSPS) is 12.6. The summed E-state index contributed by atoms with van der Waals surface area (Å²) >= 11 is 0. The molecule has 9 aromatic rings. The van der Waals surface area contributed by atoms with Gasteiger partial charge in [-0.2, -0.15) is 0 Å². The molecule has 60 heavy (non-hydrogen) atoms. The zero-order valence-corrected chi connectivity index (χ0v) is 34.4. The molecule has 0 saturated heterocycles. The Morgan fingerprint density at radius 3 is 1.42 bits per heavy atom. The van der Waals surface area contributed by atoms with E-state index in [9.17, 15) is 0 Å². The SMILES string of the molecule is Cc1ccccc1N1c2cc(N(c3ccccc3)c3ccc(-c4ccc5ccccc5c4)cc3)cc3c2B(c2cccc(C)c21)c1cccc(C)c1N3c1ccccc1C. The lowest BCUT2D eigenvalue weighted by molar-refractivity contribution is 1.19. The third kappa shape index (κ3) is 5.66. The van der Waals surface area contributed by atoms with Gasteiger partial charge in [-0.25, -0.2) is 0 Å². The fraction of sp³-hybridized carbons (Fsp3) is 0.0714. The first-order valence-corrected chi connectivity index (χ1v) is 21.0. The molecule has 0 atom stereocenters. The molecule has 0 amide bonds. The fourth-order valence-corrected chi connectivity index (χ4v) is 9.89. The highest BCUT2D eigenvalue weighted by molar-refractivity contribution is 7.00. The van der Waals surface area contributed by atoms with Crippen LogP contribution in [0.3, 0.4) is 0 Å². The first kappa shape index (κ1) is 35.8. The van der Waals surface area contributed by atoms with Gasteiger partial charge in [-0.15, -0.1) is 0 Å². The molecule has 2 aliphatic rings. The van der Waals surface area contributed by atoms with Crippen LogP contribution < -0.4 is 31.1 Å². The third-order valence-electron chi connectivity index (χ3n) is 12.7. The minimum atomic E-state index is 0.0424. The molecule has 4 heteroatoms. The molecule has 2 aliphatic heterocycles. The quantitative estimate of drug-likeness (QED) is 0.156. The molecule has 0 radical (unpaired) electrons. The Morgan fingerprint density at radius 1 is 0.350 bits per heavy atom. The average molecular weight is 770 g/mol. The summed E-state index contributed by atoms with van der Waals surface area (Å²) in [7, 11) is 0. The van der Waals surface area contributed by atoms with Crippen LogP contribution in [-0.2, 0) is 0 Å². The molecular formula is C56H44BN3. The number of nitrogens with zero attached hydrogens (tertiary/aromatic N) is 3. The van der Waals surface area contributed by atoms with Crippen molar-refractivity contribution in [2.75, 3.05) is 14.7 Å². The van der Waals surface area contributed by atoms with E-state index in [0.29, 0.717) is 0 Å². The van der Waals surface area contributed by atoms with Crippen molar-refractivity contribution in [3.63, 3.8) is 0 Å². The highest BCUT2D eigenvalue weighted by Crippen LogP contribution is 2.50. The van der Waals surface area contributed by atoms with Crippen LogP contribution in [0.2, 0.25) is 0 Å². The summed E-state index contributed by atoms with van der Waals surface area (Å²) in [4.78, 5) is 7.55. The monoisotopic (exact) mass is 769 g/mol. The highest BCUT2D eigenvalue weighted by atomic mass is 15.2. The largest absolute Gasteiger partial charge is 0.311 e. The number of rotatable bonds is 6. The number of benzene rings is 9. The summed E-state index contributed by atoms with van der Waals surface area (Å²) in [6.45, 7) is 9.06. The molecule has 11 rings (SSSR count). The molecule has 9 aromatic carbocycles. The lowest BCUT2D eigenvalue weighted by Gasteiger charge is -2.46. The lowest BCUT2D eigenvalue weighted by atomic mass is 9.33. The molecule has 0 aromatic heterocycles. The Kier molecular flexibility index (Phi) is 8.49. The lowest BCUT2D eigenvalue weighted by Crippen LogP contribution is -2.61. The second kappa shape index (κ2) is 14.2. The van der Waals surface area contributed by atoms with Crippen LogP contribution in [0.1, 0.15) is 22.3 Å². The number of hydrogen-bond donors (Lipinski definition) is 0. The second-order valence-electron chi connectivity index (χ2n) is 16.4. The van der Waals surface area contributed by atoms with Crippen molar-refractivity contribution in [3.05, 3.63) is 216 Å². The maximum atomic E-state index is 2.56. The Balaban J connectivity index is 1.21. The van der Waals surface area contributed by atoms with Crippen molar-refractivity contribution < 1.29 is 0 Å². The molecule has 0 bridgehead atoms. The first-order valence-electron chi connectivity index (χ1n) is 21.0. The standard InChI is InChI=1S/C56H44BN3/c1-37-16-8-12-26-50(37)59-52-35-47(58(45-22-6-5-7-23-45)46-32-30-42(31-33-46)44-29-28-41-20-10-11-21-43(41)34-44)36-53-54(52)57(48-24-14-18-39(3)55(48)59)49-25-15-19-40(4)56(49)60(53)51-27-13-9-17-38(51)2/h5-36H,1-4H3. The van der Waals surface area contributed by atoms with Gasteiger partial charge in [0.25, 0.3) is 6.71 Å². The Bertz CT molecular complexity index is 2990. The molecule has 0 saturated carbocycles. The topological polar surface area (TPSA) is 9.72 Å². The Morgan fingerprint density at radius 2 is 0.833 bits per heavy atom. The van der Waals surface area contributed by atoms with Gasteiger partial charge in [0.1, 0.15) is 0 Å². The zero-order chi connectivity index (χ0) is 40.5. The molecule has 3 nitrogen and oxygen atoms in total. The van der Waals surface area contributed by atoms with Crippen molar-refractivity contribution >= 4 is 85.1 Å². The van der Waals surface area contributed by atoms with E-state index >= 15 is 0 Å². The van der Waals surface area contributed by atoms with Gasteiger partial charge in [0.2, 0.25) is 0 Å². The van der Waals surface area contributed by atoms with Gasteiger partial charge in [0.15, 0.2) is 0 Å². The van der Waals surface area contributed by atoms with Crippen LogP contribution >= 0.6 is 0 Å². The predicted octanol–water partition coefficient (Wildman–Crippen LogP) is 13.3. The Hall–Kier alpha value is -7.30. The van der Waals surface area contributed by atoms with Crippen LogP contribution in [0, 0.1) is 27.7 Å². The van der Waals surface area contributed by atoms with Gasteiger partial charge >= 0.3 is 0 Å². The minimum absolute atomic E-state index is 0.0424. The van der Waals surface area contributed by atoms with E-state index in [1.54, 1.807) is 0 Å². The van der Waals surface area contributed by atoms with Gasteiger partial charge in [-0.1, -0.05) is 140 Å². The summed E-state index contributed by atoms with van der Waals surface area (Å²) in [6.07, 6.45) is 0. The van der Waals surface area contributed by atoms with Crippen LogP contribution in [0.4, 0.5) is 51.2 Å². The van der Waals surface area contributed by atoms with Gasteiger partial charge in [0, 0.05) is 45.5 Å². The maximum Gasteiger partial charge on any atom is 0.252 e. The molecule has 0 aliphatic carbocycles. The summed E-state index contributed by atoms with van der Waals surface area (Å²) in [6, 6.07) is 71.6. The highest BCUT2D eigenvalue weighted by Gasteiger charge is 2.45. The summed E-state index contributed by atoms with van der Waals surface area (Å²) < 4.78 is 0. The van der Waals surface area contributed by atoms with Crippen LogP contribution in [0.5, 0.6) is 0 Å². The summed E-state index contributed by atoms with van der Waals surface area (Å²) in [5, 5.41) is 2.50. The molecular weight excluding hydrogens is 725 g/mol. The maximum absolute atomic E-state index is 2.56. The number of fused-ring (bicyclic) bond motifs is 5. The van der Waals surface area contributed by atoms with Gasteiger partial charge < -0.3 is 14.7 Å².